The summed E-state index contributed by atoms with van der Waals surface area (Å²) in [7, 11) is 0. The fourth-order valence-electron chi connectivity index (χ4n) is 1.31. The smallest absolute Gasteiger partial charge is 0.223 e. The van der Waals surface area contributed by atoms with E-state index in [2.05, 4.69) is 15.6 Å². The molecule has 0 atom stereocenters. The molecule has 1 aromatic rings. The third-order valence-electron chi connectivity index (χ3n) is 2.34. The average molecular weight is 225 g/mol. The van der Waals surface area contributed by atoms with Gasteiger partial charge in [-0.3, -0.25) is 4.79 Å². The van der Waals surface area contributed by atoms with Crippen molar-refractivity contribution in [3.63, 3.8) is 0 Å². The second kappa shape index (κ2) is 5.23. The van der Waals surface area contributed by atoms with Crippen LogP contribution in [0.3, 0.4) is 0 Å². The lowest BCUT2D eigenvalue weighted by atomic mass is 10.4. The first-order valence-corrected chi connectivity index (χ1v) is 6.16. The quantitative estimate of drug-likeness (QED) is 0.703. The van der Waals surface area contributed by atoms with E-state index in [-0.39, 0.29) is 5.91 Å². The van der Waals surface area contributed by atoms with Gasteiger partial charge >= 0.3 is 0 Å². The summed E-state index contributed by atoms with van der Waals surface area (Å²) < 4.78 is 0. The Labute approximate surface area is 93.1 Å². The molecule has 0 unspecified atom stereocenters. The van der Waals surface area contributed by atoms with Gasteiger partial charge in [0.25, 0.3) is 0 Å². The van der Waals surface area contributed by atoms with Crippen molar-refractivity contribution in [3.05, 3.63) is 16.6 Å². The molecular weight excluding hydrogens is 210 g/mol. The predicted octanol–water partition coefficient (Wildman–Crippen LogP) is 0.759. The van der Waals surface area contributed by atoms with E-state index in [0.29, 0.717) is 12.5 Å². The first-order chi connectivity index (χ1) is 7.36. The van der Waals surface area contributed by atoms with Gasteiger partial charge in [0, 0.05) is 30.9 Å². The lowest BCUT2D eigenvalue weighted by Crippen LogP contribution is -2.32. The average Bonchev–Trinajstić information content (AvgIpc) is 2.97. The second-order valence-electron chi connectivity index (χ2n) is 3.72. The fraction of sp³-hybridized carbons (Fsp3) is 0.600. The number of thiazole rings is 1. The maximum Gasteiger partial charge on any atom is 0.223 e. The summed E-state index contributed by atoms with van der Waals surface area (Å²) in [6.07, 6.45) is 2.14. The number of nitrogens with one attached hydrogen (secondary N) is 2. The van der Waals surface area contributed by atoms with Gasteiger partial charge in [0.05, 0.1) is 11.2 Å². The minimum atomic E-state index is 0.213. The topological polar surface area (TPSA) is 54.0 Å². The molecule has 5 heteroatoms. The summed E-state index contributed by atoms with van der Waals surface area (Å²) in [4.78, 5) is 15.4. The number of carbonyl (C=O) groups is 1. The molecule has 0 bridgehead atoms. The lowest BCUT2D eigenvalue weighted by Gasteiger charge is -2.04. The molecule has 2 rings (SSSR count). The maximum absolute atomic E-state index is 11.2. The number of rotatable bonds is 6. The summed E-state index contributed by atoms with van der Waals surface area (Å²) >= 11 is 1.60. The number of hydrogen-bond donors (Lipinski definition) is 2. The molecule has 1 aliphatic rings. The molecule has 4 nitrogen and oxygen atoms in total. The van der Waals surface area contributed by atoms with E-state index >= 15 is 0 Å². The molecule has 0 spiro atoms. The van der Waals surface area contributed by atoms with E-state index in [4.69, 9.17) is 0 Å². The zero-order valence-corrected chi connectivity index (χ0v) is 9.35. The van der Waals surface area contributed by atoms with Crippen molar-refractivity contribution >= 4 is 17.2 Å². The van der Waals surface area contributed by atoms with Gasteiger partial charge in [0.1, 0.15) is 0 Å². The normalized spacial score (nSPS) is 15.2. The second-order valence-corrected chi connectivity index (χ2v) is 4.44. The van der Waals surface area contributed by atoms with Gasteiger partial charge in [0.2, 0.25) is 5.91 Å². The molecule has 1 aromatic heterocycles. The molecule has 1 aliphatic carbocycles. The molecule has 0 aromatic carbocycles. The Morgan fingerprint density at radius 3 is 3.07 bits per heavy atom. The van der Waals surface area contributed by atoms with Crippen LogP contribution in [0.25, 0.3) is 0 Å². The molecular formula is C10H15N3OS. The van der Waals surface area contributed by atoms with Crippen LogP contribution in [0.4, 0.5) is 0 Å². The molecule has 2 N–H and O–H groups in total. The van der Waals surface area contributed by atoms with Gasteiger partial charge < -0.3 is 10.6 Å². The van der Waals surface area contributed by atoms with Gasteiger partial charge in [-0.25, -0.2) is 4.98 Å². The molecule has 0 saturated heterocycles. The van der Waals surface area contributed by atoms with Gasteiger partial charge in [-0.2, -0.15) is 0 Å². The first-order valence-electron chi connectivity index (χ1n) is 5.22. The molecule has 82 valence electrons. The SMILES string of the molecule is O=C(NCCNCc1cscn1)C1CC1. The minimum Gasteiger partial charge on any atom is -0.355 e. The highest BCUT2D eigenvalue weighted by Crippen LogP contribution is 2.28. The van der Waals surface area contributed by atoms with Gasteiger partial charge in [-0.1, -0.05) is 0 Å². The Balaban J connectivity index is 1.50. The van der Waals surface area contributed by atoms with E-state index in [0.717, 1.165) is 31.6 Å². The van der Waals surface area contributed by atoms with Crippen molar-refractivity contribution in [2.75, 3.05) is 13.1 Å². The Morgan fingerprint density at radius 1 is 1.53 bits per heavy atom. The molecule has 1 fully saturated rings. The number of nitrogens with zero attached hydrogens (tertiary/aromatic N) is 1. The highest BCUT2D eigenvalue weighted by atomic mass is 32.1. The van der Waals surface area contributed by atoms with Gasteiger partial charge in [-0.05, 0) is 12.8 Å². The molecule has 15 heavy (non-hydrogen) atoms. The maximum atomic E-state index is 11.2. The minimum absolute atomic E-state index is 0.213. The summed E-state index contributed by atoms with van der Waals surface area (Å²) in [6, 6.07) is 0. The first kappa shape index (κ1) is 10.6. The zero-order chi connectivity index (χ0) is 10.5. The zero-order valence-electron chi connectivity index (χ0n) is 8.53. The third kappa shape index (κ3) is 3.60. The predicted molar refractivity (Wildman–Crippen MR) is 59.6 cm³/mol. The summed E-state index contributed by atoms with van der Waals surface area (Å²) in [5.74, 6) is 0.522. The van der Waals surface area contributed by atoms with E-state index in [1.54, 1.807) is 11.3 Å². The van der Waals surface area contributed by atoms with Crippen molar-refractivity contribution in [2.24, 2.45) is 5.92 Å². The molecule has 1 amide bonds. The van der Waals surface area contributed by atoms with E-state index in [1.165, 1.54) is 0 Å². The van der Waals surface area contributed by atoms with Gasteiger partial charge in [-0.15, -0.1) is 11.3 Å². The fourth-order valence-corrected chi connectivity index (χ4v) is 1.86. The Morgan fingerprint density at radius 2 is 2.40 bits per heavy atom. The number of hydrogen-bond acceptors (Lipinski definition) is 4. The number of aromatic nitrogens is 1. The highest BCUT2D eigenvalue weighted by molar-refractivity contribution is 7.07. The molecule has 1 saturated carbocycles. The molecule has 0 radical (unpaired) electrons. The standard InChI is InChI=1S/C10H15N3OS/c14-10(8-1-2-8)12-4-3-11-5-9-6-15-7-13-9/h6-8,11H,1-5H2,(H,12,14). The van der Waals surface area contributed by atoms with Crippen LogP contribution < -0.4 is 10.6 Å². The lowest BCUT2D eigenvalue weighted by molar-refractivity contribution is -0.122. The third-order valence-corrected chi connectivity index (χ3v) is 2.97. The van der Waals surface area contributed by atoms with Crippen molar-refractivity contribution in [3.8, 4) is 0 Å². The summed E-state index contributed by atoms with van der Waals surface area (Å²) in [5, 5.41) is 8.16. The van der Waals surface area contributed by atoms with Crippen molar-refractivity contribution in [1.82, 2.24) is 15.6 Å². The summed E-state index contributed by atoms with van der Waals surface area (Å²) in [5.41, 5.74) is 2.89. The Kier molecular flexibility index (Phi) is 3.69. The van der Waals surface area contributed by atoms with E-state index in [1.807, 2.05) is 10.9 Å². The largest absolute Gasteiger partial charge is 0.355 e. The van der Waals surface area contributed by atoms with Crippen molar-refractivity contribution in [2.45, 2.75) is 19.4 Å². The highest BCUT2D eigenvalue weighted by Gasteiger charge is 2.28. The van der Waals surface area contributed by atoms with Crippen LogP contribution in [0, 0.1) is 5.92 Å². The number of amides is 1. The van der Waals surface area contributed by atoms with E-state index < -0.39 is 0 Å². The number of carbonyl (C=O) groups excluding carboxylic acids is 1. The van der Waals surface area contributed by atoms with Crippen LogP contribution in [-0.4, -0.2) is 24.0 Å². The van der Waals surface area contributed by atoms with Crippen LogP contribution in [-0.2, 0) is 11.3 Å². The van der Waals surface area contributed by atoms with Crippen molar-refractivity contribution in [1.29, 1.82) is 0 Å². The van der Waals surface area contributed by atoms with Gasteiger partial charge in [0.15, 0.2) is 0 Å². The van der Waals surface area contributed by atoms with Crippen LogP contribution in [0.2, 0.25) is 0 Å². The van der Waals surface area contributed by atoms with E-state index in [9.17, 15) is 4.79 Å². The van der Waals surface area contributed by atoms with Crippen molar-refractivity contribution < 1.29 is 4.79 Å². The Bertz CT molecular complexity index is 308. The van der Waals surface area contributed by atoms with Crippen LogP contribution >= 0.6 is 11.3 Å². The monoisotopic (exact) mass is 225 g/mol. The van der Waals surface area contributed by atoms with Crippen LogP contribution in [0.5, 0.6) is 0 Å². The van der Waals surface area contributed by atoms with Crippen LogP contribution in [0.15, 0.2) is 10.9 Å². The molecule has 0 aliphatic heterocycles. The van der Waals surface area contributed by atoms with Crippen LogP contribution in [0.1, 0.15) is 18.5 Å². The summed E-state index contributed by atoms with van der Waals surface area (Å²) in [6.45, 7) is 2.29. The Hall–Kier alpha value is -0.940. The molecule has 1 heterocycles.